The molecule has 1 aromatic heterocycles. The maximum absolute atomic E-state index is 12.4. The summed E-state index contributed by atoms with van der Waals surface area (Å²) in [4.78, 5) is 14.6. The molecule has 0 saturated carbocycles. The largest absolute Gasteiger partial charge is 0.378 e. The summed E-state index contributed by atoms with van der Waals surface area (Å²) in [6.45, 7) is 3.13. The summed E-state index contributed by atoms with van der Waals surface area (Å²) in [6.07, 6.45) is 1.76. The third kappa shape index (κ3) is 4.90. The van der Waals surface area contributed by atoms with E-state index in [1.165, 1.54) is 0 Å². The number of halogens is 1. The molecule has 0 unspecified atom stereocenters. The van der Waals surface area contributed by atoms with Crippen LogP contribution in [0.25, 0.3) is 0 Å². The zero-order valence-electron chi connectivity index (χ0n) is 15.6. The van der Waals surface area contributed by atoms with Gasteiger partial charge in [0.05, 0.1) is 30.7 Å². The molecule has 2 N–H and O–H groups in total. The number of morpholine rings is 1. The van der Waals surface area contributed by atoms with E-state index in [9.17, 15) is 4.79 Å². The molecule has 1 fully saturated rings. The zero-order valence-corrected chi connectivity index (χ0v) is 17.2. The molecule has 7 nitrogen and oxygen atoms in total. The SMILES string of the molecule is O=C(Nc1ccc(Nc2cc(N3CCOCC3)cnn2)cc1)c1ccccc1Br. The maximum Gasteiger partial charge on any atom is 0.256 e. The van der Waals surface area contributed by atoms with Gasteiger partial charge in [0, 0.05) is 35.0 Å². The number of benzene rings is 2. The molecule has 0 atom stereocenters. The Kier molecular flexibility index (Phi) is 6.02. The first-order valence-electron chi connectivity index (χ1n) is 9.27. The number of ether oxygens (including phenoxy) is 1. The van der Waals surface area contributed by atoms with Crippen molar-refractivity contribution in [1.29, 1.82) is 0 Å². The van der Waals surface area contributed by atoms with Gasteiger partial charge in [0.15, 0.2) is 5.82 Å². The fraction of sp³-hybridized carbons (Fsp3) is 0.190. The van der Waals surface area contributed by atoms with Crippen LogP contribution in [0.2, 0.25) is 0 Å². The Balaban J connectivity index is 1.41. The van der Waals surface area contributed by atoms with E-state index in [0.29, 0.717) is 17.1 Å². The van der Waals surface area contributed by atoms with Gasteiger partial charge >= 0.3 is 0 Å². The van der Waals surface area contributed by atoms with Crippen molar-refractivity contribution in [3.63, 3.8) is 0 Å². The number of carbonyl (C=O) groups is 1. The quantitative estimate of drug-likeness (QED) is 0.605. The summed E-state index contributed by atoms with van der Waals surface area (Å²) in [6, 6.07) is 16.8. The number of hydrogen-bond acceptors (Lipinski definition) is 6. The van der Waals surface area contributed by atoms with Crippen LogP contribution in [0.5, 0.6) is 0 Å². The van der Waals surface area contributed by atoms with Gasteiger partial charge in [0.1, 0.15) is 0 Å². The molecule has 0 bridgehead atoms. The second-order valence-corrected chi connectivity index (χ2v) is 7.39. The molecular weight excluding hydrogens is 434 g/mol. The van der Waals surface area contributed by atoms with Gasteiger partial charge < -0.3 is 20.3 Å². The van der Waals surface area contributed by atoms with Crippen molar-refractivity contribution < 1.29 is 9.53 Å². The molecule has 1 aliphatic heterocycles. The van der Waals surface area contributed by atoms with Crippen LogP contribution in [0.15, 0.2) is 65.3 Å². The molecule has 29 heavy (non-hydrogen) atoms. The predicted octanol–water partition coefficient (Wildman–Crippen LogP) is 4.07. The molecule has 2 heterocycles. The Morgan fingerprint density at radius 1 is 1.03 bits per heavy atom. The Morgan fingerprint density at radius 3 is 2.52 bits per heavy atom. The highest BCUT2D eigenvalue weighted by atomic mass is 79.9. The van der Waals surface area contributed by atoms with Gasteiger partial charge in [-0.1, -0.05) is 12.1 Å². The molecule has 0 spiro atoms. The van der Waals surface area contributed by atoms with Crippen molar-refractivity contribution in [3.05, 3.63) is 70.8 Å². The lowest BCUT2D eigenvalue weighted by molar-refractivity contribution is 0.102. The Hall–Kier alpha value is -2.97. The van der Waals surface area contributed by atoms with E-state index in [2.05, 4.69) is 41.7 Å². The van der Waals surface area contributed by atoms with Crippen molar-refractivity contribution in [3.8, 4) is 0 Å². The monoisotopic (exact) mass is 453 g/mol. The summed E-state index contributed by atoms with van der Waals surface area (Å²) in [5.41, 5.74) is 3.18. The lowest BCUT2D eigenvalue weighted by Gasteiger charge is -2.28. The zero-order chi connectivity index (χ0) is 20.1. The van der Waals surface area contributed by atoms with Crippen LogP contribution in [0.1, 0.15) is 10.4 Å². The average Bonchev–Trinajstić information content (AvgIpc) is 2.76. The Labute approximate surface area is 177 Å². The standard InChI is InChI=1S/C21H20BrN5O2/c22-19-4-2-1-3-18(19)21(28)25-16-7-5-15(6-8-16)24-20-13-17(14-23-26-20)27-9-11-29-12-10-27/h1-8,13-14H,9-12H2,(H,24,26)(H,25,28). The number of amides is 1. The van der Waals surface area contributed by atoms with Crippen LogP contribution < -0.4 is 15.5 Å². The first-order valence-corrected chi connectivity index (χ1v) is 10.1. The normalized spacial score (nSPS) is 13.8. The van der Waals surface area contributed by atoms with E-state index < -0.39 is 0 Å². The molecule has 0 aliphatic carbocycles. The number of nitrogens with zero attached hydrogens (tertiary/aromatic N) is 3. The predicted molar refractivity (Wildman–Crippen MR) is 117 cm³/mol. The molecule has 3 aromatic rings. The molecule has 1 aliphatic rings. The molecule has 0 radical (unpaired) electrons. The third-order valence-electron chi connectivity index (χ3n) is 4.55. The van der Waals surface area contributed by atoms with Gasteiger partial charge in [0.25, 0.3) is 5.91 Å². The minimum absolute atomic E-state index is 0.165. The van der Waals surface area contributed by atoms with E-state index in [1.807, 2.05) is 48.5 Å². The smallest absolute Gasteiger partial charge is 0.256 e. The number of anilines is 4. The summed E-state index contributed by atoms with van der Waals surface area (Å²) in [5.74, 6) is 0.501. The Bertz CT molecular complexity index is 990. The van der Waals surface area contributed by atoms with Gasteiger partial charge in [-0.3, -0.25) is 4.79 Å². The highest BCUT2D eigenvalue weighted by molar-refractivity contribution is 9.10. The van der Waals surface area contributed by atoms with E-state index >= 15 is 0 Å². The van der Waals surface area contributed by atoms with Gasteiger partial charge in [-0.05, 0) is 52.3 Å². The van der Waals surface area contributed by atoms with Gasteiger partial charge in [0.2, 0.25) is 0 Å². The van der Waals surface area contributed by atoms with Crippen molar-refractivity contribution in [2.24, 2.45) is 0 Å². The summed E-state index contributed by atoms with van der Waals surface area (Å²) < 4.78 is 6.15. The second-order valence-electron chi connectivity index (χ2n) is 6.53. The van der Waals surface area contributed by atoms with Crippen molar-refractivity contribution in [1.82, 2.24) is 10.2 Å². The maximum atomic E-state index is 12.4. The van der Waals surface area contributed by atoms with Gasteiger partial charge in [-0.15, -0.1) is 5.10 Å². The highest BCUT2D eigenvalue weighted by Gasteiger charge is 2.13. The first kappa shape index (κ1) is 19.4. The molecular formula is C21H20BrN5O2. The van der Waals surface area contributed by atoms with Crippen molar-refractivity contribution >= 4 is 44.7 Å². The topological polar surface area (TPSA) is 79.4 Å². The lowest BCUT2D eigenvalue weighted by Crippen LogP contribution is -2.36. The number of rotatable bonds is 5. The average molecular weight is 454 g/mol. The lowest BCUT2D eigenvalue weighted by atomic mass is 10.2. The second kappa shape index (κ2) is 9.02. The fourth-order valence-electron chi connectivity index (χ4n) is 3.04. The third-order valence-corrected chi connectivity index (χ3v) is 5.24. The van der Waals surface area contributed by atoms with Crippen LogP contribution in [0.3, 0.4) is 0 Å². The van der Waals surface area contributed by atoms with Gasteiger partial charge in [-0.2, -0.15) is 5.10 Å². The van der Waals surface area contributed by atoms with Gasteiger partial charge in [-0.25, -0.2) is 0 Å². The summed E-state index contributed by atoms with van der Waals surface area (Å²) in [7, 11) is 0. The molecule has 148 valence electrons. The fourth-order valence-corrected chi connectivity index (χ4v) is 3.51. The van der Waals surface area contributed by atoms with E-state index in [0.717, 1.165) is 42.2 Å². The number of nitrogens with one attached hydrogen (secondary N) is 2. The molecule has 2 aromatic carbocycles. The molecule has 4 rings (SSSR count). The molecule has 1 amide bonds. The molecule has 8 heteroatoms. The van der Waals surface area contributed by atoms with Crippen LogP contribution in [-0.4, -0.2) is 42.4 Å². The van der Waals surface area contributed by atoms with Crippen LogP contribution in [0.4, 0.5) is 22.9 Å². The van der Waals surface area contributed by atoms with E-state index in [1.54, 1.807) is 12.3 Å². The number of hydrogen-bond donors (Lipinski definition) is 2. The summed E-state index contributed by atoms with van der Waals surface area (Å²) >= 11 is 3.40. The van der Waals surface area contributed by atoms with Crippen LogP contribution in [-0.2, 0) is 4.74 Å². The van der Waals surface area contributed by atoms with Crippen molar-refractivity contribution in [2.75, 3.05) is 41.8 Å². The number of carbonyl (C=O) groups excluding carboxylic acids is 1. The van der Waals surface area contributed by atoms with E-state index in [-0.39, 0.29) is 5.91 Å². The van der Waals surface area contributed by atoms with Crippen LogP contribution in [0, 0.1) is 0 Å². The highest BCUT2D eigenvalue weighted by Crippen LogP contribution is 2.22. The summed E-state index contributed by atoms with van der Waals surface area (Å²) in [5, 5.41) is 14.4. The van der Waals surface area contributed by atoms with Crippen LogP contribution >= 0.6 is 15.9 Å². The van der Waals surface area contributed by atoms with Crippen molar-refractivity contribution in [2.45, 2.75) is 0 Å². The number of aromatic nitrogens is 2. The molecule has 1 saturated heterocycles. The first-order chi connectivity index (χ1) is 14.2. The minimum Gasteiger partial charge on any atom is -0.378 e. The Morgan fingerprint density at radius 2 is 1.76 bits per heavy atom. The van der Waals surface area contributed by atoms with E-state index in [4.69, 9.17) is 4.74 Å². The minimum atomic E-state index is -0.165.